The number of amides is 1. The van der Waals surface area contributed by atoms with Crippen molar-refractivity contribution in [1.29, 1.82) is 0 Å². The van der Waals surface area contributed by atoms with Crippen molar-refractivity contribution in [1.82, 2.24) is 20.0 Å². The van der Waals surface area contributed by atoms with Crippen LogP contribution < -0.4 is 10.9 Å². The van der Waals surface area contributed by atoms with Gasteiger partial charge in [0.15, 0.2) is 0 Å². The number of likely N-dealkylation sites (tertiary alicyclic amines) is 1. The molecule has 1 amide bonds. The maximum Gasteiger partial charge on any atom is 0.290 e. The monoisotopic (exact) mass is 542 g/mol. The second-order valence-corrected chi connectivity index (χ2v) is 9.60. The van der Waals surface area contributed by atoms with Crippen LogP contribution in [0.5, 0.6) is 0 Å². The number of benzene rings is 2. The molecule has 0 bridgehead atoms. The van der Waals surface area contributed by atoms with E-state index in [1.807, 2.05) is 48.5 Å². The summed E-state index contributed by atoms with van der Waals surface area (Å²) in [7, 11) is 1.62. The quantitative estimate of drug-likeness (QED) is 0.282. The Kier molecular flexibility index (Phi) is 11.7. The molecule has 0 aliphatic carbocycles. The van der Waals surface area contributed by atoms with E-state index < -0.39 is 0 Å². The zero-order valence-corrected chi connectivity index (χ0v) is 22.4. The molecule has 1 aliphatic rings. The highest BCUT2D eigenvalue weighted by atomic mass is 35.5. The Morgan fingerprint density at radius 3 is 2.63 bits per heavy atom. The minimum atomic E-state index is -0.250. The normalized spacial score (nSPS) is 15.2. The first-order valence-corrected chi connectivity index (χ1v) is 13.1. The van der Waals surface area contributed by atoms with Gasteiger partial charge in [-0.2, -0.15) is 5.10 Å². The van der Waals surface area contributed by atoms with E-state index in [2.05, 4.69) is 10.2 Å². The van der Waals surface area contributed by atoms with Crippen LogP contribution in [-0.2, 0) is 27.3 Å². The van der Waals surface area contributed by atoms with E-state index in [1.165, 1.54) is 0 Å². The number of methoxy groups -OCH3 is 1. The average Bonchev–Trinajstić information content (AvgIpc) is 3.35. The van der Waals surface area contributed by atoms with Crippen molar-refractivity contribution in [2.24, 2.45) is 0 Å². The van der Waals surface area contributed by atoms with Crippen molar-refractivity contribution >= 4 is 34.8 Å². The third-order valence-electron chi connectivity index (χ3n) is 6.59. The van der Waals surface area contributed by atoms with Crippen LogP contribution in [0.4, 0.5) is 0 Å². The van der Waals surface area contributed by atoms with Gasteiger partial charge in [0.25, 0.3) is 12.0 Å². The number of carbonyl (C=O) groups is 2. The van der Waals surface area contributed by atoms with Crippen molar-refractivity contribution in [3.05, 3.63) is 75.2 Å². The summed E-state index contributed by atoms with van der Waals surface area (Å²) in [5, 5.41) is 16.9. The van der Waals surface area contributed by atoms with Gasteiger partial charge in [-0.15, -0.1) is 0 Å². The molecule has 0 spiro atoms. The van der Waals surface area contributed by atoms with Gasteiger partial charge in [0.1, 0.15) is 0 Å². The molecule has 1 aliphatic heterocycles. The Bertz CT molecular complexity index is 1250. The summed E-state index contributed by atoms with van der Waals surface area (Å²) in [4.78, 5) is 36.0. The summed E-state index contributed by atoms with van der Waals surface area (Å²) in [6.45, 7) is 3.18. The minimum Gasteiger partial charge on any atom is -0.483 e. The molecule has 2 N–H and O–H groups in total. The summed E-state index contributed by atoms with van der Waals surface area (Å²) in [5.41, 5.74) is 1.94. The van der Waals surface area contributed by atoms with E-state index >= 15 is 0 Å². The molecule has 3 aromatic rings. The lowest BCUT2D eigenvalue weighted by molar-refractivity contribution is -0.123. The summed E-state index contributed by atoms with van der Waals surface area (Å²) in [6.07, 6.45) is 4.02. The fourth-order valence-corrected chi connectivity index (χ4v) is 4.90. The summed E-state index contributed by atoms with van der Waals surface area (Å²) < 4.78 is 6.62. The zero-order chi connectivity index (χ0) is 27.3. The molecule has 38 heavy (non-hydrogen) atoms. The molecule has 2 heterocycles. The van der Waals surface area contributed by atoms with Gasteiger partial charge in [0.05, 0.1) is 24.2 Å². The van der Waals surface area contributed by atoms with Crippen molar-refractivity contribution in [3.63, 3.8) is 0 Å². The number of carboxylic acid groups (broad SMARTS) is 1. The molecular weight excluding hydrogens is 508 g/mol. The van der Waals surface area contributed by atoms with Gasteiger partial charge in [-0.05, 0) is 56.1 Å². The van der Waals surface area contributed by atoms with Crippen molar-refractivity contribution in [2.45, 2.75) is 44.7 Å². The second-order valence-electron chi connectivity index (χ2n) is 9.17. The van der Waals surface area contributed by atoms with Gasteiger partial charge in [-0.25, -0.2) is 4.68 Å². The van der Waals surface area contributed by atoms with E-state index in [1.54, 1.807) is 11.8 Å². The zero-order valence-electron chi connectivity index (χ0n) is 21.6. The number of aromatic nitrogens is 2. The predicted octanol–water partition coefficient (Wildman–Crippen LogP) is 3.35. The van der Waals surface area contributed by atoms with Crippen LogP contribution in [0.25, 0.3) is 10.8 Å². The van der Waals surface area contributed by atoms with Crippen molar-refractivity contribution in [2.75, 3.05) is 33.4 Å². The molecule has 4 rings (SSSR count). The standard InChI is InChI=1S/C27H33ClN4O3.CH2O2/c1-35-17-14-29-26(33)9-5-16-31-15-4-6-22(31)19-32-27(34)24-8-3-2-7-23(24)25(30-32)18-20-10-12-21(28)13-11-20;2-1-3/h2-3,7-8,10-13,22H,4-6,9,14-19H2,1H3,(H,29,33);1H,(H,2,3)/t22-;/m1./s1. The van der Waals surface area contributed by atoms with Crippen LogP contribution in [0.1, 0.15) is 36.9 Å². The highest BCUT2D eigenvalue weighted by Crippen LogP contribution is 2.21. The lowest BCUT2D eigenvalue weighted by atomic mass is 10.0. The fourth-order valence-electron chi connectivity index (χ4n) is 4.77. The van der Waals surface area contributed by atoms with Crippen LogP contribution in [0, 0.1) is 0 Å². The van der Waals surface area contributed by atoms with Gasteiger partial charge in [0.2, 0.25) is 5.91 Å². The van der Waals surface area contributed by atoms with Crippen LogP contribution in [0.15, 0.2) is 53.3 Å². The Labute approximate surface area is 227 Å². The van der Waals surface area contributed by atoms with Gasteiger partial charge in [-0.1, -0.05) is 41.9 Å². The lowest BCUT2D eigenvalue weighted by Crippen LogP contribution is -2.38. The summed E-state index contributed by atoms with van der Waals surface area (Å²) >= 11 is 6.05. The molecule has 204 valence electrons. The van der Waals surface area contributed by atoms with Gasteiger partial charge >= 0.3 is 0 Å². The molecule has 9 nitrogen and oxygen atoms in total. The van der Waals surface area contributed by atoms with E-state index in [4.69, 9.17) is 31.3 Å². The van der Waals surface area contributed by atoms with Crippen LogP contribution >= 0.6 is 11.6 Å². The molecular formula is C28H35ClN4O5. The largest absolute Gasteiger partial charge is 0.483 e. The van der Waals surface area contributed by atoms with E-state index in [-0.39, 0.29) is 24.0 Å². The number of nitrogens with zero attached hydrogens (tertiary/aromatic N) is 3. The highest BCUT2D eigenvalue weighted by molar-refractivity contribution is 6.30. The lowest BCUT2D eigenvalue weighted by Gasteiger charge is -2.25. The van der Waals surface area contributed by atoms with Crippen molar-refractivity contribution < 1.29 is 19.4 Å². The van der Waals surface area contributed by atoms with Crippen LogP contribution in [0.2, 0.25) is 5.02 Å². The number of fused-ring (bicyclic) bond motifs is 1. The van der Waals surface area contributed by atoms with E-state index in [9.17, 15) is 9.59 Å². The summed E-state index contributed by atoms with van der Waals surface area (Å²) in [6, 6.07) is 15.7. The summed E-state index contributed by atoms with van der Waals surface area (Å²) in [5.74, 6) is 0.0528. The third-order valence-corrected chi connectivity index (χ3v) is 6.84. The molecule has 1 saturated heterocycles. The first-order valence-electron chi connectivity index (χ1n) is 12.8. The van der Waals surface area contributed by atoms with Gasteiger partial charge < -0.3 is 15.2 Å². The number of rotatable bonds is 11. The number of halogens is 1. The number of hydrogen-bond donors (Lipinski definition) is 2. The molecule has 1 aromatic heterocycles. The Morgan fingerprint density at radius 1 is 1.21 bits per heavy atom. The van der Waals surface area contributed by atoms with E-state index in [0.717, 1.165) is 49.0 Å². The highest BCUT2D eigenvalue weighted by Gasteiger charge is 2.26. The molecule has 0 unspecified atom stereocenters. The molecule has 10 heteroatoms. The Hall–Kier alpha value is -3.27. The first-order chi connectivity index (χ1) is 18.5. The fraction of sp³-hybridized carbons (Fsp3) is 0.429. The minimum absolute atomic E-state index is 0.0511. The smallest absolute Gasteiger partial charge is 0.290 e. The average molecular weight is 543 g/mol. The Morgan fingerprint density at radius 2 is 1.92 bits per heavy atom. The SMILES string of the molecule is COCCNC(=O)CCCN1CCC[C@@H]1Cn1nc(Cc2ccc(Cl)cc2)c2ccccc2c1=O.O=CO. The Balaban J connectivity index is 0.00000127. The topological polar surface area (TPSA) is 114 Å². The van der Waals surface area contributed by atoms with Crippen molar-refractivity contribution in [3.8, 4) is 0 Å². The third kappa shape index (κ3) is 8.37. The van der Waals surface area contributed by atoms with Crippen LogP contribution in [-0.4, -0.2) is 71.6 Å². The molecule has 2 aromatic carbocycles. The van der Waals surface area contributed by atoms with E-state index in [0.29, 0.717) is 42.9 Å². The number of hydrogen-bond acceptors (Lipinski definition) is 6. The first kappa shape index (κ1) is 29.3. The maximum atomic E-state index is 13.3. The number of nitrogens with one attached hydrogen (secondary N) is 1. The molecule has 0 saturated carbocycles. The number of carbonyl (C=O) groups excluding carboxylic acids is 1. The number of ether oxygens (including phenoxy) is 1. The molecule has 0 radical (unpaired) electrons. The predicted molar refractivity (Wildman–Crippen MR) is 148 cm³/mol. The van der Waals surface area contributed by atoms with Gasteiger partial charge in [0, 0.05) is 42.9 Å². The molecule has 1 atom stereocenters. The van der Waals surface area contributed by atoms with Crippen LogP contribution in [0.3, 0.4) is 0 Å². The maximum absolute atomic E-state index is 13.3. The van der Waals surface area contributed by atoms with Gasteiger partial charge in [-0.3, -0.25) is 19.3 Å². The second kappa shape index (κ2) is 15.2. The molecule has 1 fully saturated rings.